The number of anilines is 3. The van der Waals surface area contributed by atoms with Gasteiger partial charge in [-0.05, 0) is 68.6 Å². The smallest absolute Gasteiger partial charge is 0.0540 e. The van der Waals surface area contributed by atoms with Crippen LogP contribution in [0.1, 0.15) is 0 Å². The fourth-order valence-corrected chi connectivity index (χ4v) is 9.13. The van der Waals surface area contributed by atoms with E-state index < -0.39 is 0 Å². The molecule has 9 aromatic carbocycles. The van der Waals surface area contributed by atoms with Crippen molar-refractivity contribution < 1.29 is 0 Å². The lowest BCUT2D eigenvalue weighted by Gasteiger charge is -2.30. The van der Waals surface area contributed by atoms with Gasteiger partial charge < -0.3 is 4.90 Å². The predicted molar refractivity (Wildman–Crippen MR) is 225 cm³/mol. The molecule has 10 rings (SSSR count). The van der Waals surface area contributed by atoms with Crippen LogP contribution in [0.15, 0.2) is 200 Å². The zero-order chi connectivity index (χ0) is 34.4. The molecule has 0 aliphatic heterocycles. The molecule has 1 nitrogen and oxygen atoms in total. The minimum absolute atomic E-state index is 1.12. The molecule has 0 bridgehead atoms. The van der Waals surface area contributed by atoms with Gasteiger partial charge in [-0.15, -0.1) is 11.3 Å². The van der Waals surface area contributed by atoms with Crippen molar-refractivity contribution in [1.29, 1.82) is 0 Å². The second-order valence-corrected chi connectivity index (χ2v) is 14.3. The minimum Gasteiger partial charge on any atom is -0.309 e. The van der Waals surface area contributed by atoms with Crippen molar-refractivity contribution in [1.82, 2.24) is 0 Å². The zero-order valence-corrected chi connectivity index (χ0v) is 29.2. The third-order valence-corrected chi connectivity index (χ3v) is 11.5. The van der Waals surface area contributed by atoms with Gasteiger partial charge >= 0.3 is 0 Å². The summed E-state index contributed by atoms with van der Waals surface area (Å²) in [5.41, 5.74) is 10.7. The average molecular weight is 680 g/mol. The number of fused-ring (bicyclic) bond motifs is 5. The van der Waals surface area contributed by atoms with Crippen LogP contribution in [0.25, 0.3) is 75.1 Å². The second-order valence-electron chi connectivity index (χ2n) is 13.3. The quantitative estimate of drug-likeness (QED) is 0.169. The van der Waals surface area contributed by atoms with Crippen molar-refractivity contribution >= 4 is 70.1 Å². The molecule has 0 radical (unpaired) electrons. The van der Waals surface area contributed by atoms with Crippen LogP contribution in [0.3, 0.4) is 0 Å². The third kappa shape index (κ3) is 5.07. The van der Waals surface area contributed by atoms with Crippen LogP contribution < -0.4 is 4.90 Å². The number of hydrogen-bond donors (Lipinski definition) is 0. The Morgan fingerprint density at radius 1 is 0.346 bits per heavy atom. The maximum atomic E-state index is 2.48. The summed E-state index contributed by atoms with van der Waals surface area (Å²) in [6, 6.07) is 73.0. The molecule has 0 saturated heterocycles. The Bertz CT molecular complexity index is 2910. The highest BCUT2D eigenvalue weighted by molar-refractivity contribution is 7.26. The lowest BCUT2D eigenvalue weighted by molar-refractivity contribution is 1.29. The molecule has 0 spiro atoms. The van der Waals surface area contributed by atoms with Gasteiger partial charge in [0, 0.05) is 42.6 Å². The van der Waals surface area contributed by atoms with Gasteiger partial charge in [0.25, 0.3) is 0 Å². The van der Waals surface area contributed by atoms with Gasteiger partial charge in [-0.2, -0.15) is 0 Å². The van der Waals surface area contributed by atoms with E-state index in [-0.39, 0.29) is 0 Å². The Labute approximate surface area is 307 Å². The lowest BCUT2D eigenvalue weighted by Crippen LogP contribution is -2.12. The van der Waals surface area contributed by atoms with E-state index in [0.717, 1.165) is 17.1 Å². The number of thiophene rings is 1. The maximum absolute atomic E-state index is 2.48. The SMILES string of the molecule is c1ccc(-c2cccc3cccc(-c4ccccc4N(c4ccc5ccccc5c4)c4ccccc4-c4cccc5c4sc4ccccc45)c23)cc1. The van der Waals surface area contributed by atoms with Crippen molar-refractivity contribution in [3.05, 3.63) is 200 Å². The second kappa shape index (κ2) is 12.7. The zero-order valence-electron chi connectivity index (χ0n) is 28.4. The monoisotopic (exact) mass is 679 g/mol. The van der Waals surface area contributed by atoms with Crippen LogP contribution in [-0.2, 0) is 0 Å². The van der Waals surface area contributed by atoms with Crippen molar-refractivity contribution in [2.45, 2.75) is 0 Å². The Kier molecular flexibility index (Phi) is 7.41. The number of rotatable bonds is 6. The molecular formula is C50H33NS. The molecule has 244 valence electrons. The molecule has 0 unspecified atom stereocenters. The Morgan fingerprint density at radius 3 is 1.71 bits per heavy atom. The van der Waals surface area contributed by atoms with Gasteiger partial charge in [0.2, 0.25) is 0 Å². The fourth-order valence-electron chi connectivity index (χ4n) is 7.90. The topological polar surface area (TPSA) is 3.24 Å². The van der Waals surface area contributed by atoms with Crippen LogP contribution >= 0.6 is 11.3 Å². The first kappa shape index (κ1) is 30.4. The van der Waals surface area contributed by atoms with Crippen LogP contribution in [0.5, 0.6) is 0 Å². The minimum atomic E-state index is 1.12. The summed E-state index contributed by atoms with van der Waals surface area (Å²) in [4.78, 5) is 2.48. The van der Waals surface area contributed by atoms with E-state index in [0.29, 0.717) is 0 Å². The summed E-state index contributed by atoms with van der Waals surface area (Å²) in [7, 11) is 0. The van der Waals surface area contributed by atoms with Crippen LogP contribution in [-0.4, -0.2) is 0 Å². The van der Waals surface area contributed by atoms with Crippen molar-refractivity contribution in [3.8, 4) is 33.4 Å². The van der Waals surface area contributed by atoms with Crippen LogP contribution in [0.4, 0.5) is 17.1 Å². The summed E-state index contributed by atoms with van der Waals surface area (Å²) in [6.07, 6.45) is 0. The van der Waals surface area contributed by atoms with E-state index >= 15 is 0 Å². The predicted octanol–water partition coefficient (Wildman–Crippen LogP) is 14.8. The molecule has 0 N–H and O–H groups in total. The van der Waals surface area contributed by atoms with Crippen LogP contribution in [0.2, 0.25) is 0 Å². The van der Waals surface area contributed by atoms with Crippen molar-refractivity contribution in [2.75, 3.05) is 4.90 Å². The number of para-hydroxylation sites is 2. The molecule has 0 saturated carbocycles. The first-order chi connectivity index (χ1) is 25.8. The summed E-state index contributed by atoms with van der Waals surface area (Å²) >= 11 is 1.88. The van der Waals surface area contributed by atoms with Gasteiger partial charge in [-0.3, -0.25) is 0 Å². The number of nitrogens with zero attached hydrogens (tertiary/aromatic N) is 1. The Balaban J connectivity index is 1.26. The molecule has 0 atom stereocenters. The standard InChI is InChI=1S/C50H33NS/c1-2-16-35(17-3-1)39-24-12-19-36-20-13-25-43(49(36)39)40-21-6-9-28-46(40)51(38-32-31-34-15-4-5-18-37(34)33-38)47-29-10-7-22-41(47)44-26-14-27-45-42-23-8-11-30-48(42)52-50(44)45/h1-33H. The van der Waals surface area contributed by atoms with E-state index in [1.165, 1.54) is 75.1 Å². The number of benzene rings is 9. The van der Waals surface area contributed by atoms with Gasteiger partial charge in [0.15, 0.2) is 0 Å². The highest BCUT2D eigenvalue weighted by atomic mass is 32.1. The molecular weight excluding hydrogens is 647 g/mol. The highest BCUT2D eigenvalue weighted by Crippen LogP contribution is 2.49. The molecule has 0 amide bonds. The highest BCUT2D eigenvalue weighted by Gasteiger charge is 2.23. The van der Waals surface area contributed by atoms with Gasteiger partial charge in [-0.25, -0.2) is 0 Å². The first-order valence-electron chi connectivity index (χ1n) is 17.8. The molecule has 2 heteroatoms. The third-order valence-electron chi connectivity index (χ3n) is 10.3. The van der Waals surface area contributed by atoms with Gasteiger partial charge in [0.1, 0.15) is 0 Å². The molecule has 10 aromatic rings. The van der Waals surface area contributed by atoms with Gasteiger partial charge in [0.05, 0.1) is 11.4 Å². The van der Waals surface area contributed by atoms with Crippen LogP contribution in [0, 0.1) is 0 Å². The molecule has 1 heterocycles. The normalized spacial score (nSPS) is 11.5. The Morgan fingerprint density at radius 2 is 0.904 bits per heavy atom. The summed E-state index contributed by atoms with van der Waals surface area (Å²) in [5.74, 6) is 0. The number of hydrogen-bond acceptors (Lipinski definition) is 2. The first-order valence-corrected chi connectivity index (χ1v) is 18.6. The van der Waals surface area contributed by atoms with E-state index in [1.54, 1.807) is 0 Å². The molecule has 0 aliphatic carbocycles. The fraction of sp³-hybridized carbons (Fsp3) is 0. The molecule has 0 fully saturated rings. The summed E-state index contributed by atoms with van der Waals surface area (Å²) in [6.45, 7) is 0. The van der Waals surface area contributed by atoms with Crippen molar-refractivity contribution in [3.63, 3.8) is 0 Å². The van der Waals surface area contributed by atoms with Crippen molar-refractivity contribution in [2.24, 2.45) is 0 Å². The maximum Gasteiger partial charge on any atom is 0.0540 e. The van der Waals surface area contributed by atoms with Gasteiger partial charge in [-0.1, -0.05) is 170 Å². The van der Waals surface area contributed by atoms with E-state index in [1.807, 2.05) is 11.3 Å². The van der Waals surface area contributed by atoms with E-state index in [4.69, 9.17) is 0 Å². The molecule has 0 aliphatic rings. The largest absolute Gasteiger partial charge is 0.309 e. The molecule has 1 aromatic heterocycles. The molecule has 52 heavy (non-hydrogen) atoms. The lowest BCUT2D eigenvalue weighted by atomic mass is 9.90. The summed E-state index contributed by atoms with van der Waals surface area (Å²) in [5, 5.41) is 7.53. The van der Waals surface area contributed by atoms with E-state index in [9.17, 15) is 0 Å². The average Bonchev–Trinajstić information content (AvgIpc) is 3.60. The summed E-state index contributed by atoms with van der Waals surface area (Å²) < 4.78 is 2.62. The van der Waals surface area contributed by atoms with E-state index in [2.05, 4.69) is 205 Å². The Hall–Kier alpha value is -6.48.